The van der Waals surface area contributed by atoms with Crippen LogP contribution in [0.15, 0.2) is 29.4 Å². The highest BCUT2D eigenvalue weighted by atomic mass is 35.5. The molecule has 1 aromatic carbocycles. The second-order valence-corrected chi connectivity index (χ2v) is 16.7. The standard InChI is InChI=1S/C37H54ClN5O7/c1-9-11-25(30(45)28(44)16-22-14-15-22)39-32(46)27-19-37(18-26(42-50-37)23-12-10-13-24(38)17-23)21-43(27)33(47)31(36(5,6)7)41-34(48)40-29(20-49-8)35(2,3)4/h10,12-13,17,22,25,27,29,31H,9,11,14-16,18-21H2,1-8H3,(H,39,46)(H2,40,41,48)/t25-,27-,29+,31+,37+/m0/s1. The number of methoxy groups -OCH3 is 1. The number of ether oxygens (including phenoxy) is 1. The Labute approximate surface area is 300 Å². The number of likely N-dealkylation sites (tertiary alicyclic amines) is 1. The normalized spacial score (nSPS) is 22.3. The fourth-order valence-corrected chi connectivity index (χ4v) is 6.67. The number of urea groups is 1. The lowest BCUT2D eigenvalue weighted by Gasteiger charge is -2.37. The summed E-state index contributed by atoms with van der Waals surface area (Å²) in [6.07, 6.45) is 3.27. The van der Waals surface area contributed by atoms with Crippen LogP contribution in [-0.4, -0.2) is 90.1 Å². The van der Waals surface area contributed by atoms with Crippen molar-refractivity contribution < 1.29 is 33.5 Å². The van der Waals surface area contributed by atoms with E-state index in [1.165, 1.54) is 4.90 Å². The van der Waals surface area contributed by atoms with Crippen LogP contribution in [0.5, 0.6) is 0 Å². The SMILES string of the molecule is CCC[C@H](NC(=O)[C@@H]1C[C@]2(CC(c3cccc(Cl)c3)=NO2)CN1C(=O)[C@@H](NC(=O)N[C@H](COC)C(C)(C)C)C(C)(C)C)C(=O)C(=O)CC1CC1. The van der Waals surface area contributed by atoms with E-state index < -0.39 is 58.6 Å². The number of Topliss-reactive ketones (excluding diaryl/α,β-unsaturated/α-hetero) is 2. The first kappa shape index (κ1) is 39.3. The molecular formula is C37H54ClN5O7. The van der Waals surface area contributed by atoms with Gasteiger partial charge >= 0.3 is 6.03 Å². The summed E-state index contributed by atoms with van der Waals surface area (Å²) >= 11 is 6.25. The number of benzene rings is 1. The molecule has 0 radical (unpaired) electrons. The maximum absolute atomic E-state index is 14.6. The van der Waals surface area contributed by atoms with Crippen molar-refractivity contribution in [1.82, 2.24) is 20.9 Å². The third-order valence-electron chi connectivity index (χ3n) is 9.71. The molecule has 2 heterocycles. The molecule has 50 heavy (non-hydrogen) atoms. The lowest BCUT2D eigenvalue weighted by molar-refractivity contribution is -0.143. The number of hydrogen-bond acceptors (Lipinski definition) is 8. The van der Waals surface area contributed by atoms with Gasteiger partial charge in [0, 0.05) is 37.0 Å². The number of ketones is 2. The molecule has 13 heteroatoms. The highest BCUT2D eigenvalue weighted by molar-refractivity contribution is 6.39. The molecule has 1 saturated heterocycles. The molecule has 1 spiro atoms. The molecule has 1 aliphatic carbocycles. The largest absolute Gasteiger partial charge is 0.387 e. The van der Waals surface area contributed by atoms with E-state index in [0.29, 0.717) is 23.6 Å². The highest BCUT2D eigenvalue weighted by Gasteiger charge is 2.55. The Hall–Kier alpha value is -3.51. The lowest BCUT2D eigenvalue weighted by atomic mass is 9.85. The third-order valence-corrected chi connectivity index (χ3v) is 9.95. The average molecular weight is 716 g/mol. The summed E-state index contributed by atoms with van der Waals surface area (Å²) in [4.78, 5) is 75.8. The van der Waals surface area contributed by atoms with Gasteiger partial charge in [0.1, 0.15) is 12.1 Å². The molecular weight excluding hydrogens is 662 g/mol. The summed E-state index contributed by atoms with van der Waals surface area (Å²) in [7, 11) is 1.56. The highest BCUT2D eigenvalue weighted by Crippen LogP contribution is 2.40. The number of carbonyl (C=O) groups is 5. The minimum Gasteiger partial charge on any atom is -0.387 e. The van der Waals surface area contributed by atoms with Crippen LogP contribution in [0.1, 0.15) is 99.0 Å². The molecule has 12 nitrogen and oxygen atoms in total. The predicted molar refractivity (Wildman–Crippen MR) is 191 cm³/mol. The van der Waals surface area contributed by atoms with Crippen LogP contribution in [0.2, 0.25) is 5.02 Å². The molecule has 2 fully saturated rings. The summed E-state index contributed by atoms with van der Waals surface area (Å²) in [5.41, 5.74) is -0.743. The van der Waals surface area contributed by atoms with Crippen molar-refractivity contribution in [2.75, 3.05) is 20.3 Å². The summed E-state index contributed by atoms with van der Waals surface area (Å²) in [6, 6.07) is 3.20. The van der Waals surface area contributed by atoms with Crippen LogP contribution in [0.4, 0.5) is 4.79 Å². The molecule has 0 aromatic heterocycles. The fraction of sp³-hybridized carbons (Fsp3) is 0.676. The molecule has 4 rings (SSSR count). The molecule has 3 aliphatic rings. The maximum atomic E-state index is 14.6. The van der Waals surface area contributed by atoms with Gasteiger partial charge in [0.15, 0.2) is 5.60 Å². The quantitative estimate of drug-likeness (QED) is 0.234. The number of halogens is 1. The summed E-state index contributed by atoms with van der Waals surface area (Å²) in [5, 5.41) is 13.5. The number of amides is 4. The van der Waals surface area contributed by atoms with E-state index in [0.717, 1.165) is 18.4 Å². The first-order valence-electron chi connectivity index (χ1n) is 17.6. The number of hydrogen-bond donors (Lipinski definition) is 3. The van der Waals surface area contributed by atoms with Gasteiger partial charge in [-0.2, -0.15) is 0 Å². The Balaban J connectivity index is 1.61. The van der Waals surface area contributed by atoms with E-state index in [9.17, 15) is 24.0 Å². The Bertz CT molecular complexity index is 1480. The number of rotatable bonds is 14. The Kier molecular flexibility index (Phi) is 12.4. The van der Waals surface area contributed by atoms with Gasteiger partial charge in [-0.3, -0.25) is 19.2 Å². The molecule has 1 aromatic rings. The molecule has 0 bridgehead atoms. The van der Waals surface area contributed by atoms with Crippen LogP contribution in [0.25, 0.3) is 0 Å². The van der Waals surface area contributed by atoms with Crippen molar-refractivity contribution in [3.63, 3.8) is 0 Å². The van der Waals surface area contributed by atoms with E-state index >= 15 is 0 Å². The first-order chi connectivity index (χ1) is 23.4. The smallest absolute Gasteiger partial charge is 0.315 e. The Morgan fingerprint density at radius 3 is 2.34 bits per heavy atom. The van der Waals surface area contributed by atoms with E-state index in [2.05, 4.69) is 21.1 Å². The summed E-state index contributed by atoms with van der Waals surface area (Å²) < 4.78 is 5.34. The molecule has 276 valence electrons. The Morgan fingerprint density at radius 2 is 1.76 bits per heavy atom. The molecule has 4 amide bonds. The van der Waals surface area contributed by atoms with Crippen LogP contribution in [0.3, 0.4) is 0 Å². The zero-order valence-corrected chi connectivity index (χ0v) is 31.4. The van der Waals surface area contributed by atoms with Gasteiger partial charge in [0.2, 0.25) is 23.4 Å². The second kappa shape index (κ2) is 15.8. The number of carbonyl (C=O) groups excluding carboxylic acids is 5. The van der Waals surface area contributed by atoms with E-state index in [1.54, 1.807) is 19.2 Å². The van der Waals surface area contributed by atoms with Gasteiger partial charge in [-0.1, -0.05) is 83.8 Å². The molecule has 2 aliphatic heterocycles. The van der Waals surface area contributed by atoms with E-state index in [4.69, 9.17) is 21.2 Å². The average Bonchev–Trinajstić information content (AvgIpc) is 3.62. The summed E-state index contributed by atoms with van der Waals surface area (Å²) in [6.45, 7) is 13.6. The minimum atomic E-state index is -1.06. The lowest BCUT2D eigenvalue weighted by Crippen LogP contribution is -2.61. The molecule has 1 saturated carbocycles. The number of oxime groups is 1. The zero-order chi connectivity index (χ0) is 37.0. The molecule has 3 N–H and O–H groups in total. The topological polar surface area (TPSA) is 156 Å². The molecule has 5 atom stereocenters. The predicted octanol–water partition coefficient (Wildman–Crippen LogP) is 4.80. The van der Waals surface area contributed by atoms with Gasteiger partial charge < -0.3 is 30.4 Å². The minimum absolute atomic E-state index is 0.00859. The van der Waals surface area contributed by atoms with Crippen LogP contribution >= 0.6 is 11.6 Å². The number of nitrogens with one attached hydrogen (secondary N) is 3. The summed E-state index contributed by atoms with van der Waals surface area (Å²) in [5.74, 6) is -1.91. The Morgan fingerprint density at radius 1 is 1.06 bits per heavy atom. The van der Waals surface area contributed by atoms with Gasteiger partial charge in [-0.25, -0.2) is 4.79 Å². The van der Waals surface area contributed by atoms with E-state index in [-0.39, 0.29) is 49.8 Å². The van der Waals surface area contributed by atoms with Crippen molar-refractivity contribution >= 4 is 46.7 Å². The van der Waals surface area contributed by atoms with Crippen molar-refractivity contribution in [2.24, 2.45) is 21.9 Å². The van der Waals surface area contributed by atoms with Gasteiger partial charge in [0.05, 0.1) is 30.9 Å². The van der Waals surface area contributed by atoms with Gasteiger partial charge in [-0.15, -0.1) is 0 Å². The zero-order valence-electron chi connectivity index (χ0n) is 30.7. The van der Waals surface area contributed by atoms with Crippen molar-refractivity contribution in [1.29, 1.82) is 0 Å². The maximum Gasteiger partial charge on any atom is 0.315 e. The monoisotopic (exact) mass is 715 g/mol. The van der Waals surface area contributed by atoms with Crippen molar-refractivity contribution in [3.05, 3.63) is 34.9 Å². The van der Waals surface area contributed by atoms with Crippen molar-refractivity contribution in [2.45, 2.75) is 123 Å². The third kappa shape index (κ3) is 9.84. The van der Waals surface area contributed by atoms with E-state index in [1.807, 2.05) is 60.6 Å². The van der Waals surface area contributed by atoms with Gasteiger partial charge in [-0.05, 0) is 48.1 Å². The fourth-order valence-electron chi connectivity index (χ4n) is 6.48. The number of nitrogens with zero attached hydrogens (tertiary/aromatic N) is 2. The molecule has 0 unspecified atom stereocenters. The van der Waals surface area contributed by atoms with Gasteiger partial charge in [0.25, 0.3) is 0 Å². The first-order valence-corrected chi connectivity index (χ1v) is 18.0. The van der Waals surface area contributed by atoms with Crippen LogP contribution in [-0.2, 0) is 28.8 Å². The van der Waals surface area contributed by atoms with Crippen LogP contribution < -0.4 is 16.0 Å². The van der Waals surface area contributed by atoms with Crippen LogP contribution in [0, 0.1) is 16.7 Å². The second-order valence-electron chi connectivity index (χ2n) is 16.3. The van der Waals surface area contributed by atoms with Crippen molar-refractivity contribution in [3.8, 4) is 0 Å².